The van der Waals surface area contributed by atoms with Gasteiger partial charge in [0.15, 0.2) is 0 Å². The number of urea groups is 2. The van der Waals surface area contributed by atoms with Gasteiger partial charge in [-0.25, -0.2) is 24.5 Å². The van der Waals surface area contributed by atoms with Crippen LogP contribution in [-0.2, 0) is 37.7 Å². The van der Waals surface area contributed by atoms with Gasteiger partial charge in [0.2, 0.25) is 5.95 Å². The highest BCUT2D eigenvalue weighted by molar-refractivity contribution is 14.1. The minimum Gasteiger partial charge on any atom is -0.399 e. The number of rotatable bonds is 13. The second kappa shape index (κ2) is 42.7. The standard InChI is InChI=1S/C28H39N5O3.C20H28BF3N2O3.C14H20IN3O2.C9H10FIN2O.C5H11NO.ClH.H2S/c1-3-21-8-9-33(18-21)28(34)30-23-7-6-20(2)25(17-23)22-15-26(29-24-5-4-12-36-19-24)31-27(16-22)32-10-13-35-14-11-32;1-13-6-7-15(10-16(13)21-28-18(2,3)19(4,5)29-21)25-17(27)26-9-8-14(12-26)11-20(22,23)24;15-11-8-13(16-12-2-1-5-20-10-12)17-14(9-11)18-3-6-19-7-4-18;10-8-5-7(11)6-9(12-8)13-1-3-14-4-2-13;6-5-2-1-3-7-4-5;;/h6-7,15-17,21,24H,3-5,8-14,18-19H2,1-2H3,(H,29,31)(H,30,34);6-7,10,14H,8-9,11-12H2,1-5H3,(H,25,27);8-9,12H,1-7,10H2,(H,16,17);5-6H,1-4H2;5H,1-4,6H2;1H;1H2/t21-,24-;14-;12-;;5-;;/m101.1../s1. The molecule has 9 aliphatic heterocycles. The Balaban J connectivity index is 0.000000182. The van der Waals surface area contributed by atoms with Crippen LogP contribution in [0.25, 0.3) is 11.1 Å². The van der Waals surface area contributed by atoms with Crippen LogP contribution in [0.1, 0.15) is 110 Å². The van der Waals surface area contributed by atoms with Gasteiger partial charge >= 0.3 is 25.4 Å². The van der Waals surface area contributed by atoms with Gasteiger partial charge in [-0.2, -0.15) is 31.1 Å². The van der Waals surface area contributed by atoms with Gasteiger partial charge in [-0.3, -0.25) is 0 Å². The minimum absolute atomic E-state index is 0. The van der Waals surface area contributed by atoms with Gasteiger partial charge in [0.25, 0.3) is 0 Å². The van der Waals surface area contributed by atoms with E-state index in [2.05, 4.69) is 131 Å². The Bertz CT molecular complexity index is 3600. The summed E-state index contributed by atoms with van der Waals surface area (Å²) >= 11 is 4.44. The summed E-state index contributed by atoms with van der Waals surface area (Å²) in [5.74, 6) is 4.16. The van der Waals surface area contributed by atoms with Crippen molar-refractivity contribution in [2.24, 2.45) is 17.6 Å². The van der Waals surface area contributed by atoms with E-state index in [4.69, 9.17) is 53.4 Å². The number of alkyl halides is 3. The number of pyridine rings is 3. The first-order valence-corrected chi connectivity index (χ1v) is 39.8. The van der Waals surface area contributed by atoms with E-state index in [-0.39, 0.29) is 44.5 Å². The lowest BCUT2D eigenvalue weighted by Crippen LogP contribution is -2.41. The van der Waals surface area contributed by atoms with Gasteiger partial charge in [-0.1, -0.05) is 31.0 Å². The van der Waals surface area contributed by atoms with E-state index in [1.54, 1.807) is 12.1 Å². The van der Waals surface area contributed by atoms with Crippen molar-refractivity contribution in [3.05, 3.63) is 97.0 Å². The van der Waals surface area contributed by atoms with Crippen LogP contribution in [0.2, 0.25) is 0 Å². The zero-order valence-electron chi connectivity index (χ0n) is 63.4. The Kier molecular flexibility index (Phi) is 35.0. The van der Waals surface area contributed by atoms with Gasteiger partial charge in [-0.05, 0) is 227 Å². The van der Waals surface area contributed by atoms with Crippen molar-refractivity contribution in [3.63, 3.8) is 0 Å². The summed E-state index contributed by atoms with van der Waals surface area (Å²) < 4.78 is 97.5. The molecule has 0 saturated carbocycles. The van der Waals surface area contributed by atoms with Crippen molar-refractivity contribution >= 4 is 136 Å². The Morgan fingerprint density at radius 2 is 1.02 bits per heavy atom. The maximum Gasteiger partial charge on any atom is 0.495 e. The number of nitrogens with zero attached hydrogens (tertiary/aromatic N) is 8. The van der Waals surface area contributed by atoms with Gasteiger partial charge in [0.05, 0.1) is 82.7 Å². The number of aryl methyl sites for hydroxylation is 2. The Morgan fingerprint density at radius 1 is 0.565 bits per heavy atom. The molecule has 0 spiro atoms. The molecule has 3 aromatic heterocycles. The van der Waals surface area contributed by atoms with Crippen molar-refractivity contribution in [3.8, 4) is 11.1 Å². The number of anilines is 7. The molecule has 0 unspecified atom stereocenters. The zero-order chi connectivity index (χ0) is 75.4. The normalized spacial score (nSPS) is 22.6. The number of morpholine rings is 3. The van der Waals surface area contributed by atoms with E-state index in [9.17, 15) is 27.2 Å². The van der Waals surface area contributed by atoms with Crippen molar-refractivity contribution in [1.29, 1.82) is 0 Å². The third-order valence-electron chi connectivity index (χ3n) is 20.6. The molecule has 2 aromatic carbocycles. The predicted octanol–water partition coefficient (Wildman–Crippen LogP) is 13.3. The number of carbonyl (C=O) groups excluding carboxylic acids is 2. The summed E-state index contributed by atoms with van der Waals surface area (Å²) in [4.78, 5) is 49.0. The molecule has 9 fully saturated rings. The Labute approximate surface area is 675 Å². The maximum atomic E-state index is 13.0. The number of hydrogen-bond donors (Lipinski definition) is 5. The van der Waals surface area contributed by atoms with Crippen molar-refractivity contribution in [1.82, 2.24) is 24.8 Å². The molecule has 5 atom stereocenters. The van der Waals surface area contributed by atoms with Crippen LogP contribution in [-0.4, -0.2) is 224 Å². The highest BCUT2D eigenvalue weighted by atomic mass is 127. The number of amides is 4. The number of ether oxygens (including phenoxy) is 6. The smallest absolute Gasteiger partial charge is 0.399 e. The number of carbonyl (C=O) groups is 2. The van der Waals surface area contributed by atoms with Crippen LogP contribution in [0.4, 0.5) is 67.6 Å². The fourth-order valence-corrected chi connectivity index (χ4v) is 14.8. The second-order valence-electron chi connectivity index (χ2n) is 29.5. The van der Waals surface area contributed by atoms with Crippen molar-refractivity contribution in [2.45, 2.75) is 148 Å². The molecule has 9 saturated heterocycles. The molecule has 5 aromatic rings. The molecule has 598 valence electrons. The molecule has 9 aliphatic rings. The molecular weight excluding hydrogens is 1660 g/mol. The Morgan fingerprint density at radius 3 is 1.47 bits per heavy atom. The molecule has 108 heavy (non-hydrogen) atoms. The average Bonchev–Trinajstić information content (AvgIpc) is 1.60. The third kappa shape index (κ3) is 27.1. The Hall–Kier alpha value is -5.05. The predicted molar refractivity (Wildman–Crippen MR) is 443 cm³/mol. The fourth-order valence-electron chi connectivity index (χ4n) is 13.7. The quantitative estimate of drug-likeness (QED) is 0.0319. The summed E-state index contributed by atoms with van der Waals surface area (Å²) in [6, 6.07) is 24.0. The molecule has 23 nitrogen and oxygen atoms in total. The van der Waals surface area contributed by atoms with E-state index in [0.29, 0.717) is 75.5 Å². The number of hydrogen-bond acceptors (Lipinski definition) is 19. The topological polar surface area (TPSA) is 237 Å². The zero-order valence-corrected chi connectivity index (χ0v) is 69.6. The lowest BCUT2D eigenvalue weighted by Gasteiger charge is -2.32. The number of benzene rings is 2. The molecule has 0 aliphatic carbocycles. The summed E-state index contributed by atoms with van der Waals surface area (Å²) in [6.45, 7) is 30.5. The fraction of sp³-hybridized carbons (Fsp3) is 0.618. The van der Waals surface area contributed by atoms with E-state index < -0.39 is 48.8 Å². The van der Waals surface area contributed by atoms with Crippen LogP contribution >= 0.6 is 71.1 Å². The molecule has 12 heterocycles. The average molecular weight is 1770 g/mol. The first kappa shape index (κ1) is 88.5. The van der Waals surface area contributed by atoms with Gasteiger partial charge in [0, 0.05) is 122 Å². The first-order valence-electron chi connectivity index (χ1n) is 37.6. The molecular formula is C76H111BClF4I2N13O10S. The second-order valence-corrected chi connectivity index (χ2v) is 32.0. The molecule has 14 rings (SSSR count). The van der Waals surface area contributed by atoms with E-state index in [0.717, 1.165) is 210 Å². The lowest BCUT2D eigenvalue weighted by molar-refractivity contribution is -0.143. The maximum absolute atomic E-state index is 13.0. The minimum atomic E-state index is -4.20. The third-order valence-corrected chi connectivity index (χ3v) is 21.9. The first-order chi connectivity index (χ1) is 50.8. The largest absolute Gasteiger partial charge is 0.495 e. The number of nitrogens with one attached hydrogen (secondary N) is 4. The molecule has 4 amide bonds. The number of likely N-dealkylation sites (tertiary alicyclic amines) is 2. The van der Waals surface area contributed by atoms with E-state index in [1.165, 1.54) is 14.5 Å². The molecule has 32 heteroatoms. The summed E-state index contributed by atoms with van der Waals surface area (Å²) in [5, 5.41) is 13.0. The van der Waals surface area contributed by atoms with Gasteiger partial charge < -0.3 is 89.2 Å². The van der Waals surface area contributed by atoms with E-state index >= 15 is 0 Å². The SMILES string of the molecule is CC[C@@H]1CCN(C(=O)Nc2ccc(C)c(-c3cc(N[C@@H]4CCCOC4)nc(N4CCOCC4)c3)c2)C1.Cc1ccc(NC(=O)N2CC[C@@H](CC(F)(F)F)C2)cc1B1OC(C)(C)C(C)(C)O1.Cl.Fc1cc(I)cc(N2CCOCC2)n1.Ic1cc(N[C@@H]2CCCOC2)nc(N2CCOCC2)c1.N[C@@H]1CCCOC1.S. The highest BCUT2D eigenvalue weighted by Gasteiger charge is 2.52. The van der Waals surface area contributed by atoms with Crippen LogP contribution < -0.4 is 47.2 Å². The molecule has 0 bridgehead atoms. The molecule has 0 radical (unpaired) electrons. The number of halogens is 7. The van der Waals surface area contributed by atoms with Crippen molar-refractivity contribution in [2.75, 3.05) is 181 Å². The van der Waals surface area contributed by atoms with E-state index in [1.807, 2.05) is 62.6 Å². The van der Waals surface area contributed by atoms with Crippen LogP contribution in [0, 0.1) is 38.8 Å². The van der Waals surface area contributed by atoms with Crippen LogP contribution in [0.3, 0.4) is 0 Å². The summed E-state index contributed by atoms with van der Waals surface area (Å²) in [6.07, 6.45) is 4.21. The van der Waals surface area contributed by atoms with Crippen molar-refractivity contribution < 1.29 is 64.9 Å². The number of nitrogens with two attached hydrogens (primary N) is 1. The summed E-state index contributed by atoms with van der Waals surface area (Å²) in [7, 11) is -0.556. The van der Waals surface area contributed by atoms with Crippen LogP contribution in [0.15, 0.2) is 72.8 Å². The van der Waals surface area contributed by atoms with Gasteiger partial charge in [0.1, 0.15) is 29.1 Å². The lowest BCUT2D eigenvalue weighted by atomic mass is 9.76. The number of aromatic nitrogens is 3. The monoisotopic (exact) mass is 1770 g/mol. The van der Waals surface area contributed by atoms with Crippen LogP contribution in [0.5, 0.6) is 0 Å². The highest BCUT2D eigenvalue weighted by Crippen LogP contribution is 2.38. The van der Waals surface area contributed by atoms with Gasteiger partial charge in [-0.15, -0.1) is 12.4 Å². The summed E-state index contributed by atoms with van der Waals surface area (Å²) in [5.41, 5.74) is 11.1. The molecule has 6 N–H and O–H groups in total.